The van der Waals surface area contributed by atoms with Crippen molar-refractivity contribution in [2.45, 2.75) is 26.0 Å². The number of fused-ring (bicyclic) bond motifs is 1. The zero-order chi connectivity index (χ0) is 20.4. The third-order valence-electron chi connectivity index (χ3n) is 4.83. The molecule has 4 rings (SSSR count). The van der Waals surface area contributed by atoms with Crippen LogP contribution in [-0.4, -0.2) is 39.2 Å². The zero-order valence-electron chi connectivity index (χ0n) is 16.1. The van der Waals surface area contributed by atoms with Crippen molar-refractivity contribution in [3.63, 3.8) is 0 Å². The summed E-state index contributed by atoms with van der Waals surface area (Å²) in [6.45, 7) is 3.52. The number of rotatable bonds is 5. The molecule has 0 aliphatic carbocycles. The molecular formula is C21H21N5O3. The molecule has 1 aromatic heterocycles. The molecule has 0 unspecified atom stereocenters. The van der Waals surface area contributed by atoms with Crippen LogP contribution in [0.5, 0.6) is 5.75 Å². The van der Waals surface area contributed by atoms with Crippen molar-refractivity contribution in [3.8, 4) is 11.4 Å². The third kappa shape index (κ3) is 3.82. The van der Waals surface area contributed by atoms with Gasteiger partial charge < -0.3 is 10.1 Å². The zero-order valence-corrected chi connectivity index (χ0v) is 16.1. The van der Waals surface area contributed by atoms with Gasteiger partial charge in [-0.15, -0.1) is 0 Å². The molecule has 2 aromatic carbocycles. The number of nitrogens with zero attached hydrogens (tertiary/aromatic N) is 4. The van der Waals surface area contributed by atoms with E-state index in [1.807, 2.05) is 43.3 Å². The normalized spacial score (nSPS) is 16.7. The van der Waals surface area contributed by atoms with E-state index in [1.165, 1.54) is 11.2 Å². The van der Waals surface area contributed by atoms with Crippen molar-refractivity contribution in [1.29, 1.82) is 0 Å². The van der Waals surface area contributed by atoms with Crippen LogP contribution in [0.1, 0.15) is 25.5 Å². The highest BCUT2D eigenvalue weighted by Crippen LogP contribution is 2.33. The number of hydrogen-bond donors (Lipinski definition) is 1. The number of ether oxygens (including phenoxy) is 1. The van der Waals surface area contributed by atoms with Gasteiger partial charge >= 0.3 is 0 Å². The predicted molar refractivity (Wildman–Crippen MR) is 107 cm³/mol. The van der Waals surface area contributed by atoms with Crippen LogP contribution >= 0.6 is 0 Å². The fourth-order valence-electron chi connectivity index (χ4n) is 3.29. The molecule has 2 amide bonds. The van der Waals surface area contributed by atoms with E-state index >= 15 is 0 Å². The van der Waals surface area contributed by atoms with E-state index < -0.39 is 6.10 Å². The molecule has 8 heteroatoms. The number of anilines is 1. The summed E-state index contributed by atoms with van der Waals surface area (Å²) >= 11 is 0. The van der Waals surface area contributed by atoms with Crippen LogP contribution in [0.4, 0.5) is 5.69 Å². The summed E-state index contributed by atoms with van der Waals surface area (Å²) in [4.78, 5) is 30.6. The van der Waals surface area contributed by atoms with Gasteiger partial charge in [-0.3, -0.25) is 14.5 Å². The molecule has 0 radical (unpaired) electrons. The summed E-state index contributed by atoms with van der Waals surface area (Å²) in [5.41, 5.74) is 2.44. The van der Waals surface area contributed by atoms with Gasteiger partial charge in [0.05, 0.1) is 17.4 Å². The molecule has 3 aromatic rings. The van der Waals surface area contributed by atoms with Crippen molar-refractivity contribution in [2.75, 3.05) is 11.4 Å². The minimum atomic E-state index is -0.626. The number of carbonyl (C=O) groups excluding carboxylic acids is 2. The monoisotopic (exact) mass is 391 g/mol. The van der Waals surface area contributed by atoms with E-state index in [-0.39, 0.29) is 24.4 Å². The van der Waals surface area contributed by atoms with Crippen molar-refractivity contribution < 1.29 is 14.3 Å². The summed E-state index contributed by atoms with van der Waals surface area (Å²) in [6.07, 6.45) is 2.47. The number of para-hydroxylation sites is 2. The molecule has 1 N–H and O–H groups in total. The highest BCUT2D eigenvalue weighted by Gasteiger charge is 2.32. The Kier molecular flexibility index (Phi) is 4.99. The Bertz CT molecular complexity index is 1020. The largest absolute Gasteiger partial charge is 0.479 e. The van der Waals surface area contributed by atoms with E-state index in [2.05, 4.69) is 15.4 Å². The summed E-state index contributed by atoms with van der Waals surface area (Å²) in [7, 11) is 0. The first-order chi connectivity index (χ1) is 14.0. The van der Waals surface area contributed by atoms with E-state index in [9.17, 15) is 9.59 Å². The number of amides is 2. The number of nitrogens with one attached hydrogen (secondary N) is 1. The van der Waals surface area contributed by atoms with Crippen LogP contribution in [0.25, 0.3) is 5.69 Å². The van der Waals surface area contributed by atoms with E-state index in [0.717, 1.165) is 11.3 Å². The minimum absolute atomic E-state index is 0.0646. The Labute approximate surface area is 168 Å². The van der Waals surface area contributed by atoms with Gasteiger partial charge in [-0.05, 0) is 43.7 Å². The molecule has 1 aliphatic heterocycles. The fraction of sp³-hybridized carbons (Fsp3) is 0.238. The van der Waals surface area contributed by atoms with Crippen molar-refractivity contribution in [2.24, 2.45) is 0 Å². The number of benzene rings is 2. The summed E-state index contributed by atoms with van der Waals surface area (Å²) < 4.78 is 7.28. The molecule has 0 fully saturated rings. The Hall–Kier alpha value is -3.68. The van der Waals surface area contributed by atoms with Gasteiger partial charge in [0.15, 0.2) is 6.10 Å². The van der Waals surface area contributed by atoms with Gasteiger partial charge in [0, 0.05) is 0 Å². The maximum absolute atomic E-state index is 12.6. The molecule has 148 valence electrons. The van der Waals surface area contributed by atoms with Gasteiger partial charge in [0.1, 0.15) is 24.9 Å². The van der Waals surface area contributed by atoms with Crippen LogP contribution in [0.15, 0.2) is 61.2 Å². The van der Waals surface area contributed by atoms with Crippen LogP contribution in [0, 0.1) is 0 Å². The Morgan fingerprint density at radius 3 is 2.69 bits per heavy atom. The molecule has 0 spiro atoms. The van der Waals surface area contributed by atoms with Crippen LogP contribution < -0.4 is 15.0 Å². The third-order valence-corrected chi connectivity index (χ3v) is 4.83. The van der Waals surface area contributed by atoms with Crippen LogP contribution in [0.2, 0.25) is 0 Å². The van der Waals surface area contributed by atoms with Crippen LogP contribution in [0.3, 0.4) is 0 Å². The average Bonchev–Trinajstić information content (AvgIpc) is 3.26. The standard InChI is InChI=1S/C21H21N5O3/c1-14(16-7-9-17(10-8-16)26-13-22-12-23-26)24-20(27)11-25-18-5-3-4-6-19(18)29-15(2)21(25)28/h3-10,12-15H,11H2,1-2H3,(H,24,27)/t14-,15-/m1/s1. The molecule has 29 heavy (non-hydrogen) atoms. The number of hydrogen-bond acceptors (Lipinski definition) is 5. The first-order valence-electron chi connectivity index (χ1n) is 9.34. The molecule has 2 heterocycles. The Morgan fingerprint density at radius 2 is 1.97 bits per heavy atom. The van der Waals surface area contributed by atoms with E-state index in [0.29, 0.717) is 11.4 Å². The number of aromatic nitrogens is 3. The minimum Gasteiger partial charge on any atom is -0.479 e. The lowest BCUT2D eigenvalue weighted by molar-refractivity contribution is -0.128. The van der Waals surface area contributed by atoms with E-state index in [1.54, 1.807) is 30.1 Å². The lowest BCUT2D eigenvalue weighted by Crippen LogP contribution is -2.49. The maximum Gasteiger partial charge on any atom is 0.268 e. The predicted octanol–water partition coefficient (Wildman–Crippen LogP) is 2.26. The van der Waals surface area contributed by atoms with Gasteiger partial charge in [0.2, 0.25) is 5.91 Å². The molecule has 8 nitrogen and oxygen atoms in total. The number of carbonyl (C=O) groups is 2. The second-order valence-corrected chi connectivity index (χ2v) is 6.87. The van der Waals surface area contributed by atoms with Crippen molar-refractivity contribution >= 4 is 17.5 Å². The summed E-state index contributed by atoms with van der Waals surface area (Å²) in [6, 6.07) is 14.7. The first kappa shape index (κ1) is 18.7. The smallest absolute Gasteiger partial charge is 0.268 e. The van der Waals surface area contributed by atoms with Crippen molar-refractivity contribution in [3.05, 3.63) is 66.7 Å². The lowest BCUT2D eigenvalue weighted by atomic mass is 10.1. The van der Waals surface area contributed by atoms with Gasteiger partial charge in [0.25, 0.3) is 5.91 Å². The maximum atomic E-state index is 12.6. The first-order valence-corrected chi connectivity index (χ1v) is 9.34. The molecule has 0 bridgehead atoms. The van der Waals surface area contributed by atoms with Gasteiger partial charge in [-0.1, -0.05) is 24.3 Å². The average molecular weight is 391 g/mol. The topological polar surface area (TPSA) is 89.3 Å². The molecule has 1 aliphatic rings. The summed E-state index contributed by atoms with van der Waals surface area (Å²) in [5.74, 6) is 0.128. The Morgan fingerprint density at radius 1 is 1.21 bits per heavy atom. The van der Waals surface area contributed by atoms with Crippen molar-refractivity contribution in [1.82, 2.24) is 20.1 Å². The van der Waals surface area contributed by atoms with Crippen LogP contribution in [-0.2, 0) is 9.59 Å². The molecule has 2 atom stereocenters. The summed E-state index contributed by atoms with van der Waals surface area (Å²) in [5, 5.41) is 7.05. The second kappa shape index (κ2) is 7.75. The van der Waals surface area contributed by atoms with Gasteiger partial charge in [-0.2, -0.15) is 5.10 Å². The molecule has 0 saturated carbocycles. The second-order valence-electron chi connectivity index (χ2n) is 6.87. The van der Waals surface area contributed by atoms with Gasteiger partial charge in [-0.25, -0.2) is 9.67 Å². The molecular weight excluding hydrogens is 370 g/mol. The quantitative estimate of drug-likeness (QED) is 0.721. The molecule has 0 saturated heterocycles. The Balaban J connectivity index is 1.43. The fourth-order valence-corrected chi connectivity index (χ4v) is 3.29. The SMILES string of the molecule is C[C@H]1Oc2ccccc2N(CC(=O)N[C@H](C)c2ccc(-n3cncn3)cc2)C1=O. The highest BCUT2D eigenvalue weighted by atomic mass is 16.5. The van der Waals surface area contributed by atoms with E-state index in [4.69, 9.17) is 4.74 Å². The highest BCUT2D eigenvalue weighted by molar-refractivity contribution is 6.03. The lowest BCUT2D eigenvalue weighted by Gasteiger charge is -2.32.